The van der Waals surface area contributed by atoms with Crippen LogP contribution in [0.4, 0.5) is 19.6 Å². The van der Waals surface area contributed by atoms with E-state index in [1.54, 1.807) is 29.6 Å². The van der Waals surface area contributed by atoms with Crippen LogP contribution < -0.4 is 10.2 Å². The summed E-state index contributed by atoms with van der Waals surface area (Å²) in [6.07, 6.45) is 5.83. The highest BCUT2D eigenvalue weighted by Gasteiger charge is 2.30. The lowest BCUT2D eigenvalue weighted by Gasteiger charge is -2.35. The highest BCUT2D eigenvalue weighted by Crippen LogP contribution is 2.34. The van der Waals surface area contributed by atoms with Crippen molar-refractivity contribution >= 4 is 39.7 Å². The first-order valence-electron chi connectivity index (χ1n) is 11.3. The third-order valence-electron chi connectivity index (χ3n) is 6.35. The number of hydrogen-bond donors (Lipinski definition) is 2. The van der Waals surface area contributed by atoms with Crippen molar-refractivity contribution in [2.75, 3.05) is 49.5 Å². The van der Waals surface area contributed by atoms with Crippen molar-refractivity contribution in [2.24, 2.45) is 0 Å². The van der Waals surface area contributed by atoms with Gasteiger partial charge in [0.05, 0.1) is 17.7 Å². The Morgan fingerprint density at radius 1 is 1.22 bits per heavy atom. The number of nitrogens with zero attached hydrogens (tertiary/aromatic N) is 3. The Balaban J connectivity index is 1.49. The number of anilines is 2. The zero-order valence-electron chi connectivity index (χ0n) is 19.6. The van der Waals surface area contributed by atoms with Gasteiger partial charge in [-0.25, -0.2) is 13.8 Å². The molecule has 1 aromatic heterocycles. The second-order valence-electron chi connectivity index (χ2n) is 8.60. The number of benzene rings is 2. The average molecular weight is 531 g/mol. The molecule has 6 nitrogen and oxygen atoms in total. The summed E-state index contributed by atoms with van der Waals surface area (Å²) in [4.78, 5) is 21.1. The van der Waals surface area contributed by atoms with E-state index < -0.39 is 28.5 Å². The quantitative estimate of drug-likeness (QED) is 0.444. The average Bonchev–Trinajstić information content (AvgIpc) is 3.33. The fourth-order valence-electron chi connectivity index (χ4n) is 4.14. The monoisotopic (exact) mass is 530 g/mol. The van der Waals surface area contributed by atoms with Crippen molar-refractivity contribution in [1.82, 2.24) is 9.88 Å². The van der Waals surface area contributed by atoms with Gasteiger partial charge in [-0.2, -0.15) is 0 Å². The van der Waals surface area contributed by atoms with E-state index in [-0.39, 0.29) is 11.7 Å². The summed E-state index contributed by atoms with van der Waals surface area (Å²) < 4.78 is 29.8. The number of carbonyl (C=O) groups is 1. The lowest BCUT2D eigenvalue weighted by Crippen LogP contribution is -2.47. The molecule has 3 aromatic rings. The molecular weight excluding hydrogens is 506 g/mol. The number of thiazole rings is 1. The molecule has 0 aliphatic carbocycles. The van der Waals surface area contributed by atoms with Crippen LogP contribution in [0.5, 0.6) is 0 Å². The van der Waals surface area contributed by atoms with Crippen molar-refractivity contribution in [3.63, 3.8) is 0 Å². The smallest absolute Gasteiger partial charge is 0.263 e. The predicted octanol–water partition coefficient (Wildman–Crippen LogP) is 4.38. The summed E-state index contributed by atoms with van der Waals surface area (Å²) in [6.45, 7) is 4.92. The number of β-amino-alcohol motifs (C(OH)–C–C–N with tert-alkyl or cyclic N) is 1. The zero-order valence-corrected chi connectivity index (χ0v) is 21.2. The van der Waals surface area contributed by atoms with E-state index in [1.807, 2.05) is 11.8 Å². The summed E-state index contributed by atoms with van der Waals surface area (Å²) in [6, 6.07) is 9.40. The molecule has 1 aliphatic rings. The second-order valence-corrected chi connectivity index (χ2v) is 9.90. The largest absolute Gasteiger partial charge is 0.395 e. The Kier molecular flexibility index (Phi) is 7.91. The molecule has 0 radical (unpaired) electrons. The summed E-state index contributed by atoms with van der Waals surface area (Å²) in [5.41, 5.74) is 0.122. The molecule has 1 saturated heterocycles. The summed E-state index contributed by atoms with van der Waals surface area (Å²) >= 11 is 7.09. The maximum absolute atomic E-state index is 14.9. The Morgan fingerprint density at radius 2 is 1.86 bits per heavy atom. The number of aliphatic hydroxyl groups is 1. The van der Waals surface area contributed by atoms with E-state index in [1.165, 1.54) is 12.1 Å². The zero-order chi connectivity index (χ0) is 25.9. The lowest BCUT2D eigenvalue weighted by atomic mass is 9.81. The molecule has 1 aliphatic heterocycles. The molecule has 2 aromatic carbocycles. The molecule has 0 unspecified atom stereocenters. The second kappa shape index (κ2) is 10.9. The van der Waals surface area contributed by atoms with Crippen LogP contribution in [0, 0.1) is 24.0 Å². The van der Waals surface area contributed by atoms with Crippen LogP contribution in [0.25, 0.3) is 0 Å². The number of carbonyl (C=O) groups excluding carboxylic acids is 1. The normalized spacial score (nSPS) is 15.8. The molecular formula is C26H25ClF2N4O2S. The first kappa shape index (κ1) is 26.0. The summed E-state index contributed by atoms with van der Waals surface area (Å²) in [5.74, 6) is -0.0932. The molecule has 188 valence electrons. The van der Waals surface area contributed by atoms with Crippen LogP contribution in [0.2, 0.25) is 5.02 Å². The SMILES string of the molecule is C#C[C@](C)(c1ccc(Cl)cc1)c1csc(NC(=O)c2c(F)cc(N3CCN(CCO)CC3)cc2F)n1. The van der Waals surface area contributed by atoms with Gasteiger partial charge >= 0.3 is 0 Å². The van der Waals surface area contributed by atoms with Crippen LogP contribution in [-0.2, 0) is 5.41 Å². The van der Waals surface area contributed by atoms with Crippen molar-refractivity contribution in [3.05, 3.63) is 75.3 Å². The van der Waals surface area contributed by atoms with E-state index >= 15 is 0 Å². The molecule has 4 rings (SSSR count). The fourth-order valence-corrected chi connectivity index (χ4v) is 5.08. The van der Waals surface area contributed by atoms with Gasteiger partial charge in [-0.15, -0.1) is 17.8 Å². The molecule has 1 atom stereocenters. The van der Waals surface area contributed by atoms with Crippen LogP contribution >= 0.6 is 22.9 Å². The molecule has 1 fully saturated rings. The molecule has 36 heavy (non-hydrogen) atoms. The first-order valence-corrected chi connectivity index (χ1v) is 12.6. The number of aromatic nitrogens is 1. The van der Waals surface area contributed by atoms with Crippen molar-refractivity contribution in [2.45, 2.75) is 12.3 Å². The third kappa shape index (κ3) is 5.37. The Labute approximate surface area is 217 Å². The van der Waals surface area contributed by atoms with Gasteiger partial charge in [0.25, 0.3) is 5.91 Å². The molecule has 0 saturated carbocycles. The minimum atomic E-state index is -0.952. The minimum Gasteiger partial charge on any atom is -0.395 e. The molecule has 0 spiro atoms. The Morgan fingerprint density at radius 3 is 2.44 bits per heavy atom. The molecule has 0 bridgehead atoms. The van der Waals surface area contributed by atoms with Crippen LogP contribution in [0.15, 0.2) is 41.8 Å². The van der Waals surface area contributed by atoms with E-state index in [9.17, 15) is 13.6 Å². The Hall–Kier alpha value is -3.03. The van der Waals surface area contributed by atoms with E-state index in [4.69, 9.17) is 23.1 Å². The summed E-state index contributed by atoms with van der Waals surface area (Å²) in [7, 11) is 0. The molecule has 1 amide bonds. The number of piperazine rings is 1. The minimum absolute atomic E-state index is 0.0662. The van der Waals surface area contributed by atoms with Gasteiger partial charge in [0.2, 0.25) is 0 Å². The number of hydrogen-bond acceptors (Lipinski definition) is 6. The van der Waals surface area contributed by atoms with E-state index in [0.29, 0.717) is 49.1 Å². The maximum Gasteiger partial charge on any atom is 0.263 e. The topological polar surface area (TPSA) is 68.7 Å². The standard InChI is InChI=1S/C26H25ClF2N4O2S/c1-3-26(2,17-4-6-18(27)7-5-17)22-16-36-25(30-22)31-24(35)23-20(28)14-19(15-21(23)29)33-10-8-32(9-11-33)12-13-34/h1,4-7,14-16,34H,8-13H2,2H3,(H,30,31,35)/t26-/m1/s1. The van der Waals surface area contributed by atoms with Gasteiger partial charge < -0.3 is 10.0 Å². The number of amides is 1. The number of halogens is 3. The van der Waals surface area contributed by atoms with Gasteiger partial charge in [0.1, 0.15) is 17.2 Å². The predicted molar refractivity (Wildman–Crippen MR) is 139 cm³/mol. The molecule has 10 heteroatoms. The van der Waals surface area contributed by atoms with Gasteiger partial charge in [-0.1, -0.05) is 29.7 Å². The number of terminal acetylenes is 1. The highest BCUT2D eigenvalue weighted by atomic mass is 35.5. The van der Waals surface area contributed by atoms with Crippen molar-refractivity contribution in [3.8, 4) is 12.3 Å². The molecule has 2 heterocycles. The lowest BCUT2D eigenvalue weighted by molar-refractivity contribution is 0.101. The summed E-state index contributed by atoms with van der Waals surface area (Å²) in [5, 5.41) is 14.0. The Bertz CT molecular complexity index is 1260. The van der Waals surface area contributed by atoms with Crippen molar-refractivity contribution < 1.29 is 18.7 Å². The van der Waals surface area contributed by atoms with Crippen LogP contribution in [0.1, 0.15) is 28.5 Å². The third-order valence-corrected chi connectivity index (χ3v) is 7.36. The van der Waals surface area contributed by atoms with Crippen LogP contribution in [-0.4, -0.2) is 60.2 Å². The first-order chi connectivity index (χ1) is 17.2. The molecule has 2 N–H and O–H groups in total. The van der Waals surface area contributed by atoms with Gasteiger partial charge in [-0.3, -0.25) is 15.0 Å². The van der Waals surface area contributed by atoms with Gasteiger partial charge in [-0.05, 0) is 36.8 Å². The van der Waals surface area contributed by atoms with Gasteiger partial charge in [0, 0.05) is 48.8 Å². The highest BCUT2D eigenvalue weighted by molar-refractivity contribution is 7.14. The van der Waals surface area contributed by atoms with Crippen LogP contribution in [0.3, 0.4) is 0 Å². The van der Waals surface area contributed by atoms with E-state index in [2.05, 4.69) is 21.1 Å². The number of rotatable bonds is 7. The number of nitrogens with one attached hydrogen (secondary N) is 1. The number of aliphatic hydroxyl groups excluding tert-OH is 1. The van der Waals surface area contributed by atoms with Crippen molar-refractivity contribution in [1.29, 1.82) is 0 Å². The van der Waals surface area contributed by atoms with Gasteiger partial charge in [0.15, 0.2) is 5.13 Å². The maximum atomic E-state index is 14.9. The fraction of sp³-hybridized carbons (Fsp3) is 0.308. The van der Waals surface area contributed by atoms with E-state index in [0.717, 1.165) is 16.9 Å².